The highest BCUT2D eigenvalue weighted by Gasteiger charge is 2.30. The van der Waals surface area contributed by atoms with Crippen LogP contribution in [0, 0.1) is 5.82 Å². The van der Waals surface area contributed by atoms with Crippen LogP contribution in [0.15, 0.2) is 48.5 Å². The summed E-state index contributed by atoms with van der Waals surface area (Å²) < 4.78 is 59.2. The molecule has 15 heteroatoms. The highest BCUT2D eigenvalue weighted by Crippen LogP contribution is 2.29. The van der Waals surface area contributed by atoms with Crippen molar-refractivity contribution in [2.75, 3.05) is 0 Å². The molecular weight excluding hydrogens is 736 g/mol. The van der Waals surface area contributed by atoms with Gasteiger partial charge in [0.05, 0.1) is 11.1 Å². The number of amides is 3. The van der Waals surface area contributed by atoms with Gasteiger partial charge in [0, 0.05) is 29.7 Å². The van der Waals surface area contributed by atoms with Gasteiger partial charge in [0.2, 0.25) is 0 Å². The summed E-state index contributed by atoms with van der Waals surface area (Å²) in [6.45, 7) is 11.1. The summed E-state index contributed by atoms with van der Waals surface area (Å²) in [5.74, 6) is -1.80. The molecule has 0 aromatic heterocycles. The first-order valence-electron chi connectivity index (χ1n) is 17.2. The van der Waals surface area contributed by atoms with Crippen molar-refractivity contribution in [2.45, 2.75) is 164 Å². The monoisotopic (exact) mass is 805 g/mol. The van der Waals surface area contributed by atoms with E-state index < -0.39 is 35.0 Å². The maximum Gasteiger partial charge on any atom is 0.416 e. The zero-order valence-corrected chi connectivity index (χ0v) is 30.6. The number of carbonyl (C=O) groups is 4. The van der Waals surface area contributed by atoms with Gasteiger partial charge >= 0.3 is 24.3 Å². The number of ether oxygens (including phenoxy) is 2. The van der Waals surface area contributed by atoms with Crippen LogP contribution in [0.25, 0.3) is 0 Å². The van der Waals surface area contributed by atoms with Gasteiger partial charge in [0.15, 0.2) is 0 Å². The maximum absolute atomic E-state index is 12.9. The highest BCUT2D eigenvalue weighted by molar-refractivity contribution is 5.94. The van der Waals surface area contributed by atoms with Crippen molar-refractivity contribution in [3.05, 3.63) is 71.0 Å². The third kappa shape index (κ3) is 22.9. The van der Waals surface area contributed by atoms with E-state index in [0.29, 0.717) is 11.6 Å². The van der Waals surface area contributed by atoms with E-state index in [1.165, 1.54) is 24.3 Å². The minimum atomic E-state index is -4.42. The first kappa shape index (κ1) is 55.9. The number of nitrogens with two attached hydrogens (primary N) is 1. The summed E-state index contributed by atoms with van der Waals surface area (Å²) in [4.78, 5) is 45.6. The van der Waals surface area contributed by atoms with E-state index in [4.69, 9.17) is 20.3 Å². The lowest BCUT2D eigenvalue weighted by Gasteiger charge is -2.30. The lowest BCUT2D eigenvalue weighted by molar-refractivity contribution is -0.137. The van der Waals surface area contributed by atoms with E-state index >= 15 is 0 Å². The number of alkyl carbamates (subject to hydrolysis) is 2. The predicted molar refractivity (Wildman–Crippen MR) is 214 cm³/mol. The van der Waals surface area contributed by atoms with Crippen LogP contribution in [-0.2, 0) is 15.7 Å². The summed E-state index contributed by atoms with van der Waals surface area (Å²) in [5, 5.41) is 17.1. The third-order valence-corrected chi connectivity index (χ3v) is 7.84. The first-order chi connectivity index (χ1) is 24.0. The van der Waals surface area contributed by atoms with Crippen LogP contribution in [0.3, 0.4) is 0 Å². The van der Waals surface area contributed by atoms with Crippen molar-refractivity contribution >= 4 is 24.1 Å². The molecule has 11 nitrogen and oxygen atoms in total. The number of hydrogen-bond donors (Lipinski definition) is 5. The van der Waals surface area contributed by atoms with Crippen LogP contribution >= 0.6 is 0 Å². The molecule has 0 saturated heterocycles. The molecule has 3 amide bonds. The number of hydrogen-bond acceptors (Lipinski definition) is 7. The molecule has 4 rings (SSSR count). The molecular formula is C41H68F4N4O7. The van der Waals surface area contributed by atoms with Crippen molar-refractivity contribution in [2.24, 2.45) is 5.73 Å². The Morgan fingerprint density at radius 3 is 1.29 bits per heavy atom. The first-order valence-corrected chi connectivity index (χ1v) is 17.2. The van der Waals surface area contributed by atoms with E-state index in [-0.39, 0.29) is 71.2 Å². The number of carbonyl (C=O) groups excluding carboxylic acids is 3. The molecule has 0 aliphatic heterocycles. The van der Waals surface area contributed by atoms with E-state index in [9.17, 15) is 36.7 Å². The van der Waals surface area contributed by atoms with Gasteiger partial charge in [0.25, 0.3) is 5.91 Å². The Morgan fingerprint density at radius 2 is 0.946 bits per heavy atom. The van der Waals surface area contributed by atoms with Crippen LogP contribution in [-0.4, -0.2) is 64.5 Å². The van der Waals surface area contributed by atoms with E-state index in [1.54, 1.807) is 0 Å². The number of carboxylic acid groups (broad SMARTS) is 1. The molecule has 0 radical (unpaired) electrons. The van der Waals surface area contributed by atoms with Gasteiger partial charge < -0.3 is 36.3 Å². The Hall–Kier alpha value is -4.40. The predicted octanol–water partition coefficient (Wildman–Crippen LogP) is 10.1. The third-order valence-electron chi connectivity index (χ3n) is 7.84. The Kier molecular flexibility index (Phi) is 24.9. The Bertz CT molecular complexity index is 1440. The topological polar surface area (TPSA) is 169 Å². The smallest absolute Gasteiger partial charge is 0.416 e. The fourth-order valence-corrected chi connectivity index (χ4v) is 5.27. The minimum Gasteiger partial charge on any atom is -0.478 e. The van der Waals surface area contributed by atoms with Crippen molar-refractivity contribution in [3.63, 3.8) is 0 Å². The van der Waals surface area contributed by atoms with Crippen LogP contribution < -0.4 is 21.7 Å². The number of benzene rings is 2. The SMILES string of the molecule is C.C.C.C.CC(C)(C)OC(=O)NC1CCC(N)CC1.CC(C)(C)OC(=O)NC1CCC(NC(=O)c2ccc(F)cc2)CC1.O=C(O)c1ccc(C(F)(F)F)cc1. The van der Waals surface area contributed by atoms with Gasteiger partial charge in [-0.3, -0.25) is 4.79 Å². The number of nitrogens with one attached hydrogen (secondary N) is 3. The molecule has 0 heterocycles. The lowest BCUT2D eigenvalue weighted by atomic mass is 9.91. The molecule has 0 unspecified atom stereocenters. The number of aromatic carboxylic acids is 1. The van der Waals surface area contributed by atoms with Gasteiger partial charge in [-0.15, -0.1) is 0 Å². The summed E-state index contributed by atoms with van der Waals surface area (Å²) >= 11 is 0. The number of rotatable bonds is 5. The van der Waals surface area contributed by atoms with E-state index in [0.717, 1.165) is 75.6 Å². The molecule has 2 fully saturated rings. The zero-order valence-electron chi connectivity index (χ0n) is 30.6. The largest absolute Gasteiger partial charge is 0.478 e. The standard InChI is InChI=1S/C18H25FN2O3.C11H22N2O2.C8H5F3O2.4CH4/c1-18(2,3)24-17(23)21-15-10-8-14(9-11-15)20-16(22)12-4-6-13(19)7-5-12;1-11(2,3)15-10(14)13-9-6-4-8(12)5-7-9;9-8(10,11)6-3-1-5(2-4-6)7(12)13;;;;/h4-7,14-15H,8-11H2,1-3H3,(H,20,22)(H,21,23);8-9H,4-7,12H2,1-3H3,(H,13,14);1-4H,(H,12,13);4*1H4. The molecule has 6 N–H and O–H groups in total. The van der Waals surface area contributed by atoms with Crippen molar-refractivity contribution in [1.29, 1.82) is 0 Å². The number of alkyl halides is 3. The van der Waals surface area contributed by atoms with Gasteiger partial charge in [-0.2, -0.15) is 13.2 Å². The van der Waals surface area contributed by atoms with Crippen LogP contribution in [0.5, 0.6) is 0 Å². The molecule has 2 aromatic carbocycles. The fraction of sp³-hybridized carbons (Fsp3) is 0.610. The molecule has 0 atom stereocenters. The Labute approximate surface area is 331 Å². The zero-order chi connectivity index (χ0) is 39.3. The highest BCUT2D eigenvalue weighted by atomic mass is 19.4. The number of halogens is 4. The molecule has 2 saturated carbocycles. The summed E-state index contributed by atoms with van der Waals surface area (Å²) in [5.41, 5.74) is 4.30. The second-order valence-electron chi connectivity index (χ2n) is 14.8. The number of carboxylic acids is 1. The fourth-order valence-electron chi connectivity index (χ4n) is 5.27. The molecule has 2 aromatic rings. The lowest BCUT2D eigenvalue weighted by Crippen LogP contribution is -2.45. The quantitative estimate of drug-likeness (QED) is 0.186. The maximum atomic E-state index is 12.9. The minimum absolute atomic E-state index is 0. The molecule has 2 aliphatic carbocycles. The van der Waals surface area contributed by atoms with E-state index in [2.05, 4.69) is 16.0 Å². The van der Waals surface area contributed by atoms with Crippen LogP contribution in [0.2, 0.25) is 0 Å². The van der Waals surface area contributed by atoms with Gasteiger partial charge in [0.1, 0.15) is 17.0 Å². The second kappa shape index (κ2) is 25.0. The van der Waals surface area contributed by atoms with Crippen LogP contribution in [0.4, 0.5) is 27.2 Å². The normalized spacial score (nSPS) is 18.9. The van der Waals surface area contributed by atoms with Crippen LogP contribution in [0.1, 0.15) is 149 Å². The Morgan fingerprint density at radius 1 is 0.607 bits per heavy atom. The summed E-state index contributed by atoms with van der Waals surface area (Å²) in [6.07, 6.45) is 1.89. The second-order valence-corrected chi connectivity index (χ2v) is 14.8. The van der Waals surface area contributed by atoms with E-state index in [1.807, 2.05) is 41.5 Å². The van der Waals surface area contributed by atoms with Crippen molar-refractivity contribution in [1.82, 2.24) is 16.0 Å². The van der Waals surface area contributed by atoms with Gasteiger partial charge in [-0.05, 0) is 141 Å². The summed E-state index contributed by atoms with van der Waals surface area (Å²) in [7, 11) is 0. The van der Waals surface area contributed by atoms with Gasteiger partial charge in [-0.1, -0.05) is 29.7 Å². The summed E-state index contributed by atoms with van der Waals surface area (Å²) in [6, 6.07) is 9.50. The van der Waals surface area contributed by atoms with Crippen molar-refractivity contribution < 1.29 is 51.3 Å². The molecule has 56 heavy (non-hydrogen) atoms. The molecule has 0 bridgehead atoms. The van der Waals surface area contributed by atoms with Gasteiger partial charge in [-0.25, -0.2) is 18.8 Å². The molecule has 0 spiro atoms. The average molecular weight is 805 g/mol. The molecule has 322 valence electrons. The molecule has 2 aliphatic rings. The Balaban J connectivity index is -0.000000768. The average Bonchev–Trinajstić information content (AvgIpc) is 3.02. The van der Waals surface area contributed by atoms with Crippen molar-refractivity contribution in [3.8, 4) is 0 Å².